The number of benzene rings is 2. The summed E-state index contributed by atoms with van der Waals surface area (Å²) in [7, 11) is 1.53. The number of nitrogens with zero attached hydrogens (tertiary/aromatic N) is 3. The van der Waals surface area contributed by atoms with Crippen molar-refractivity contribution in [1.82, 2.24) is 4.98 Å². The third-order valence-corrected chi connectivity index (χ3v) is 3.20. The van der Waals surface area contributed by atoms with Gasteiger partial charge in [-0.05, 0) is 30.3 Å². The molecule has 0 bridgehead atoms. The molecule has 0 spiro atoms. The zero-order chi connectivity index (χ0) is 17.1. The Morgan fingerprint density at radius 2 is 1.92 bits per heavy atom. The minimum Gasteiger partial charge on any atom is -0.494 e. The lowest BCUT2D eigenvalue weighted by Crippen LogP contribution is -2.26. The summed E-state index contributed by atoms with van der Waals surface area (Å²) in [6.07, 6.45) is 0. The van der Waals surface area contributed by atoms with Gasteiger partial charge in [0.25, 0.3) is 0 Å². The number of para-hydroxylation sites is 2. The zero-order valence-corrected chi connectivity index (χ0v) is 12.9. The predicted molar refractivity (Wildman–Crippen MR) is 93.1 cm³/mol. The average Bonchev–Trinajstić information content (AvgIpc) is 2.98. The topological polar surface area (TPSA) is 138 Å². The number of ether oxygens (including phenoxy) is 1. The SMILES string of the molecule is COc1ccc(-c2nc3ccccc3o2)cc1N=C(N)N=C(N)N. The van der Waals surface area contributed by atoms with Crippen molar-refractivity contribution in [3.05, 3.63) is 42.5 Å². The number of oxazole rings is 1. The fourth-order valence-corrected chi connectivity index (χ4v) is 2.19. The first kappa shape index (κ1) is 15.3. The van der Waals surface area contributed by atoms with Crippen molar-refractivity contribution < 1.29 is 9.15 Å². The lowest BCUT2D eigenvalue weighted by atomic mass is 10.2. The second-order valence-electron chi connectivity index (χ2n) is 4.88. The molecule has 0 atom stereocenters. The quantitative estimate of drug-likeness (QED) is 0.495. The second kappa shape index (κ2) is 6.29. The monoisotopic (exact) mass is 324 g/mol. The number of hydrogen-bond acceptors (Lipinski definition) is 4. The van der Waals surface area contributed by atoms with Crippen LogP contribution in [0, 0.1) is 0 Å². The van der Waals surface area contributed by atoms with E-state index in [1.807, 2.05) is 30.3 Å². The molecule has 8 nitrogen and oxygen atoms in total. The van der Waals surface area contributed by atoms with Crippen molar-refractivity contribution in [3.63, 3.8) is 0 Å². The van der Waals surface area contributed by atoms with Crippen molar-refractivity contribution in [2.24, 2.45) is 27.2 Å². The molecule has 0 saturated heterocycles. The van der Waals surface area contributed by atoms with Crippen LogP contribution in [0.1, 0.15) is 0 Å². The van der Waals surface area contributed by atoms with E-state index in [1.54, 1.807) is 12.1 Å². The Morgan fingerprint density at radius 3 is 2.62 bits per heavy atom. The van der Waals surface area contributed by atoms with Crippen LogP contribution in [0.4, 0.5) is 5.69 Å². The Labute approximate surface area is 137 Å². The van der Waals surface area contributed by atoms with Gasteiger partial charge in [0, 0.05) is 5.56 Å². The van der Waals surface area contributed by atoms with Crippen LogP contribution >= 0.6 is 0 Å². The number of aliphatic imine (C=N–C) groups is 2. The Balaban J connectivity index is 2.07. The molecular weight excluding hydrogens is 308 g/mol. The van der Waals surface area contributed by atoms with Crippen LogP contribution in [0.25, 0.3) is 22.6 Å². The van der Waals surface area contributed by atoms with Crippen LogP contribution in [0.3, 0.4) is 0 Å². The van der Waals surface area contributed by atoms with Gasteiger partial charge in [0.1, 0.15) is 17.0 Å². The van der Waals surface area contributed by atoms with E-state index in [-0.39, 0.29) is 11.9 Å². The molecule has 1 heterocycles. The first-order valence-electron chi connectivity index (χ1n) is 7.04. The molecule has 2 aromatic carbocycles. The van der Waals surface area contributed by atoms with E-state index in [4.69, 9.17) is 26.4 Å². The van der Waals surface area contributed by atoms with E-state index >= 15 is 0 Å². The largest absolute Gasteiger partial charge is 0.494 e. The fraction of sp³-hybridized carbons (Fsp3) is 0.0625. The molecule has 122 valence electrons. The average molecular weight is 324 g/mol. The van der Waals surface area contributed by atoms with Gasteiger partial charge in [-0.1, -0.05) is 12.1 Å². The first-order valence-corrected chi connectivity index (χ1v) is 7.04. The summed E-state index contributed by atoms with van der Waals surface area (Å²) in [5.74, 6) is 0.729. The number of guanidine groups is 2. The highest BCUT2D eigenvalue weighted by molar-refractivity contribution is 5.94. The molecule has 3 rings (SSSR count). The zero-order valence-electron chi connectivity index (χ0n) is 12.9. The lowest BCUT2D eigenvalue weighted by Gasteiger charge is -2.06. The lowest BCUT2D eigenvalue weighted by molar-refractivity contribution is 0.416. The van der Waals surface area contributed by atoms with Crippen molar-refractivity contribution in [1.29, 1.82) is 0 Å². The van der Waals surface area contributed by atoms with E-state index in [9.17, 15) is 0 Å². The van der Waals surface area contributed by atoms with Crippen LogP contribution in [0.2, 0.25) is 0 Å². The number of rotatable bonds is 3. The first-order chi connectivity index (χ1) is 11.6. The Bertz CT molecular complexity index is 908. The smallest absolute Gasteiger partial charge is 0.227 e. The van der Waals surface area contributed by atoms with E-state index in [0.717, 1.165) is 11.1 Å². The van der Waals surface area contributed by atoms with E-state index in [2.05, 4.69) is 15.0 Å². The van der Waals surface area contributed by atoms with Gasteiger partial charge in [-0.25, -0.2) is 9.98 Å². The molecule has 6 N–H and O–H groups in total. The van der Waals surface area contributed by atoms with Crippen molar-refractivity contribution >= 4 is 28.7 Å². The molecule has 0 unspecified atom stereocenters. The minimum absolute atomic E-state index is 0.0805. The van der Waals surface area contributed by atoms with E-state index in [0.29, 0.717) is 22.9 Å². The number of methoxy groups -OCH3 is 1. The number of aromatic nitrogens is 1. The normalized spacial score (nSPS) is 11.5. The highest BCUT2D eigenvalue weighted by Gasteiger charge is 2.11. The molecule has 0 aliphatic heterocycles. The maximum Gasteiger partial charge on any atom is 0.227 e. The highest BCUT2D eigenvalue weighted by atomic mass is 16.5. The molecule has 0 aliphatic rings. The molecular formula is C16H16N6O2. The Kier molecular flexibility index (Phi) is 4.02. The molecule has 0 saturated carbocycles. The second-order valence-corrected chi connectivity index (χ2v) is 4.88. The van der Waals surface area contributed by atoms with E-state index in [1.165, 1.54) is 7.11 Å². The Hall–Kier alpha value is -3.55. The number of fused-ring (bicyclic) bond motifs is 1. The van der Waals surface area contributed by atoms with Crippen molar-refractivity contribution in [2.45, 2.75) is 0 Å². The van der Waals surface area contributed by atoms with E-state index < -0.39 is 0 Å². The van der Waals surface area contributed by atoms with Crippen LogP contribution < -0.4 is 21.9 Å². The maximum atomic E-state index is 5.75. The summed E-state index contributed by atoms with van der Waals surface area (Å²) in [4.78, 5) is 12.3. The highest BCUT2D eigenvalue weighted by Crippen LogP contribution is 2.33. The van der Waals surface area contributed by atoms with Gasteiger partial charge in [0.05, 0.1) is 7.11 Å². The standard InChI is InChI=1S/C16H16N6O2/c1-23-12-7-6-9(8-11(12)21-16(19)22-15(17)18)14-20-10-4-2-3-5-13(10)24-14/h2-8H,1H3,(H6,17,18,19,21,22). The maximum absolute atomic E-state index is 5.75. The summed E-state index contributed by atoms with van der Waals surface area (Å²) in [5, 5.41) is 0. The van der Waals surface area contributed by atoms with Gasteiger partial charge < -0.3 is 26.4 Å². The summed E-state index contributed by atoms with van der Waals surface area (Å²) in [6, 6.07) is 12.8. The van der Waals surface area contributed by atoms with Gasteiger partial charge in [-0.3, -0.25) is 0 Å². The summed E-state index contributed by atoms with van der Waals surface area (Å²) in [6.45, 7) is 0. The molecule has 3 aromatic rings. The third kappa shape index (κ3) is 3.12. The Morgan fingerprint density at radius 1 is 1.12 bits per heavy atom. The molecule has 24 heavy (non-hydrogen) atoms. The van der Waals surface area contributed by atoms with Crippen LogP contribution in [0.5, 0.6) is 5.75 Å². The van der Waals surface area contributed by atoms with Gasteiger partial charge >= 0.3 is 0 Å². The van der Waals surface area contributed by atoms with Gasteiger partial charge in [0.2, 0.25) is 11.9 Å². The van der Waals surface area contributed by atoms with Crippen molar-refractivity contribution in [2.75, 3.05) is 7.11 Å². The number of nitrogens with two attached hydrogens (primary N) is 3. The van der Waals surface area contributed by atoms with Crippen LogP contribution in [-0.4, -0.2) is 24.0 Å². The van der Waals surface area contributed by atoms with Gasteiger partial charge in [0.15, 0.2) is 11.5 Å². The van der Waals surface area contributed by atoms with Crippen LogP contribution in [0.15, 0.2) is 56.9 Å². The number of hydrogen-bond donors (Lipinski definition) is 3. The molecule has 0 fully saturated rings. The molecule has 1 aromatic heterocycles. The minimum atomic E-state index is -0.176. The van der Waals surface area contributed by atoms with Crippen molar-refractivity contribution in [3.8, 4) is 17.2 Å². The molecule has 0 amide bonds. The summed E-state index contributed by atoms with van der Waals surface area (Å²) >= 11 is 0. The van der Waals surface area contributed by atoms with Crippen LogP contribution in [-0.2, 0) is 0 Å². The predicted octanol–water partition coefficient (Wildman–Crippen LogP) is 1.72. The van der Waals surface area contributed by atoms with Gasteiger partial charge in [-0.15, -0.1) is 0 Å². The molecule has 0 aliphatic carbocycles. The summed E-state index contributed by atoms with van der Waals surface area (Å²) < 4.78 is 11.0. The van der Waals surface area contributed by atoms with Gasteiger partial charge in [-0.2, -0.15) is 4.99 Å². The molecule has 8 heteroatoms. The fourth-order valence-electron chi connectivity index (χ4n) is 2.19. The summed E-state index contributed by atoms with van der Waals surface area (Å²) in [5.41, 5.74) is 18.9. The third-order valence-electron chi connectivity index (χ3n) is 3.20. The molecule has 0 radical (unpaired) electrons.